The van der Waals surface area contributed by atoms with Crippen molar-refractivity contribution < 1.29 is 0 Å². The second-order valence-corrected chi connectivity index (χ2v) is 5.20. The van der Waals surface area contributed by atoms with Crippen LogP contribution < -0.4 is 10.6 Å². The Morgan fingerprint density at radius 3 is 2.88 bits per heavy atom. The number of hydrogen-bond acceptors (Lipinski definition) is 2. The van der Waals surface area contributed by atoms with Gasteiger partial charge < -0.3 is 10.6 Å². The third-order valence-electron chi connectivity index (χ3n) is 4.07. The molecule has 2 heteroatoms. The molecule has 0 amide bonds. The van der Waals surface area contributed by atoms with Crippen LogP contribution in [0.4, 0.5) is 11.4 Å². The average Bonchev–Trinajstić information content (AvgIpc) is 2.90. The van der Waals surface area contributed by atoms with E-state index in [0.29, 0.717) is 0 Å². The largest absolute Gasteiger partial charge is 0.397 e. The Morgan fingerprint density at radius 1 is 1.25 bits per heavy atom. The molecule has 1 heterocycles. The van der Waals surface area contributed by atoms with Crippen molar-refractivity contribution >= 4 is 11.4 Å². The summed E-state index contributed by atoms with van der Waals surface area (Å²) in [5.41, 5.74) is 9.83. The lowest BCUT2D eigenvalue weighted by Gasteiger charge is -2.24. The summed E-state index contributed by atoms with van der Waals surface area (Å²) < 4.78 is 0. The summed E-state index contributed by atoms with van der Waals surface area (Å²) in [6.45, 7) is 2.39. The Labute approximate surface area is 97.4 Å². The van der Waals surface area contributed by atoms with Crippen LogP contribution in [0.25, 0.3) is 0 Å². The molecule has 0 aromatic heterocycles. The van der Waals surface area contributed by atoms with Gasteiger partial charge in [-0.05, 0) is 36.8 Å². The molecule has 0 saturated heterocycles. The Hall–Kier alpha value is -1.18. The second kappa shape index (κ2) is 4.00. The zero-order valence-electron chi connectivity index (χ0n) is 9.78. The molecule has 3 rings (SSSR count). The van der Waals surface area contributed by atoms with Gasteiger partial charge in [0.25, 0.3) is 0 Å². The van der Waals surface area contributed by atoms with Gasteiger partial charge >= 0.3 is 0 Å². The fraction of sp³-hybridized carbons (Fsp3) is 0.571. The molecule has 86 valence electrons. The minimum absolute atomic E-state index is 0.908. The van der Waals surface area contributed by atoms with Gasteiger partial charge in [0.2, 0.25) is 0 Å². The fourth-order valence-corrected chi connectivity index (χ4v) is 3.25. The summed E-state index contributed by atoms with van der Waals surface area (Å²) in [5, 5.41) is 0. The van der Waals surface area contributed by atoms with Crippen LogP contribution in [0.1, 0.15) is 31.2 Å². The topological polar surface area (TPSA) is 29.3 Å². The number of nitrogen functional groups attached to an aromatic ring is 1. The number of nitrogens with zero attached hydrogens (tertiary/aromatic N) is 1. The molecule has 0 spiro atoms. The summed E-state index contributed by atoms with van der Waals surface area (Å²) in [6.07, 6.45) is 6.86. The zero-order valence-corrected chi connectivity index (χ0v) is 9.78. The molecule has 0 radical (unpaired) electrons. The summed E-state index contributed by atoms with van der Waals surface area (Å²) >= 11 is 0. The molecule has 1 fully saturated rings. The average molecular weight is 216 g/mol. The lowest BCUT2D eigenvalue weighted by Crippen LogP contribution is -2.27. The van der Waals surface area contributed by atoms with Gasteiger partial charge in [-0.2, -0.15) is 0 Å². The van der Waals surface area contributed by atoms with E-state index in [9.17, 15) is 0 Å². The van der Waals surface area contributed by atoms with Crippen molar-refractivity contribution in [3.63, 3.8) is 0 Å². The molecule has 2 aliphatic rings. The number of fused-ring (bicyclic) bond motifs is 1. The van der Waals surface area contributed by atoms with E-state index in [1.165, 1.54) is 56.4 Å². The van der Waals surface area contributed by atoms with Crippen molar-refractivity contribution in [3.8, 4) is 0 Å². The first kappa shape index (κ1) is 10.0. The number of nitrogens with two attached hydrogens (primary N) is 1. The van der Waals surface area contributed by atoms with E-state index < -0.39 is 0 Å². The molecule has 1 aromatic rings. The standard InChI is InChI=1S/C14H20N2/c15-13-7-3-6-12-8-9-16(14(12)13)10-11-4-1-2-5-11/h3,6-7,11H,1-2,4-5,8-10,15H2. The van der Waals surface area contributed by atoms with Gasteiger partial charge in [-0.15, -0.1) is 0 Å². The molecule has 0 bridgehead atoms. The quantitative estimate of drug-likeness (QED) is 0.770. The van der Waals surface area contributed by atoms with Crippen molar-refractivity contribution in [2.45, 2.75) is 32.1 Å². The van der Waals surface area contributed by atoms with Crippen LogP contribution in [0.5, 0.6) is 0 Å². The Morgan fingerprint density at radius 2 is 2.06 bits per heavy atom. The predicted molar refractivity (Wildman–Crippen MR) is 68.7 cm³/mol. The maximum Gasteiger partial charge on any atom is 0.0633 e. The number of benzene rings is 1. The highest BCUT2D eigenvalue weighted by atomic mass is 15.2. The summed E-state index contributed by atoms with van der Waals surface area (Å²) in [4.78, 5) is 2.51. The van der Waals surface area contributed by atoms with E-state index >= 15 is 0 Å². The molecular formula is C14H20N2. The van der Waals surface area contributed by atoms with Crippen molar-refractivity contribution in [3.05, 3.63) is 23.8 Å². The minimum Gasteiger partial charge on any atom is -0.397 e. The smallest absolute Gasteiger partial charge is 0.0633 e. The van der Waals surface area contributed by atoms with E-state index in [0.717, 1.165) is 11.6 Å². The molecule has 1 aliphatic heterocycles. The van der Waals surface area contributed by atoms with Crippen LogP contribution in [-0.2, 0) is 6.42 Å². The van der Waals surface area contributed by atoms with E-state index in [2.05, 4.69) is 17.0 Å². The zero-order chi connectivity index (χ0) is 11.0. The molecule has 0 atom stereocenters. The summed E-state index contributed by atoms with van der Waals surface area (Å²) in [5.74, 6) is 0.908. The Kier molecular flexibility index (Phi) is 2.50. The first-order valence-electron chi connectivity index (χ1n) is 6.47. The van der Waals surface area contributed by atoms with E-state index in [-0.39, 0.29) is 0 Å². The molecular weight excluding hydrogens is 196 g/mol. The number of hydrogen-bond donors (Lipinski definition) is 1. The third-order valence-corrected chi connectivity index (χ3v) is 4.07. The number of rotatable bonds is 2. The maximum atomic E-state index is 6.09. The second-order valence-electron chi connectivity index (χ2n) is 5.20. The van der Waals surface area contributed by atoms with Crippen LogP contribution in [0, 0.1) is 5.92 Å². The van der Waals surface area contributed by atoms with E-state index in [4.69, 9.17) is 5.73 Å². The van der Waals surface area contributed by atoms with Gasteiger partial charge in [0.1, 0.15) is 0 Å². The number of anilines is 2. The van der Waals surface area contributed by atoms with Crippen LogP contribution in [0.3, 0.4) is 0 Å². The Bertz CT molecular complexity index is 380. The molecule has 0 unspecified atom stereocenters. The van der Waals surface area contributed by atoms with Crippen LogP contribution in [0.15, 0.2) is 18.2 Å². The van der Waals surface area contributed by atoms with Crippen molar-refractivity contribution in [2.75, 3.05) is 23.7 Å². The minimum atomic E-state index is 0.908. The SMILES string of the molecule is Nc1cccc2c1N(CC1CCCC1)CC2. The first-order chi connectivity index (χ1) is 7.84. The third kappa shape index (κ3) is 1.66. The van der Waals surface area contributed by atoms with Crippen molar-refractivity contribution in [2.24, 2.45) is 5.92 Å². The summed E-state index contributed by atoms with van der Waals surface area (Å²) in [7, 11) is 0. The molecule has 1 aliphatic carbocycles. The van der Waals surface area contributed by atoms with Gasteiger partial charge in [-0.3, -0.25) is 0 Å². The highest BCUT2D eigenvalue weighted by Gasteiger charge is 2.25. The molecule has 16 heavy (non-hydrogen) atoms. The molecule has 1 saturated carbocycles. The van der Waals surface area contributed by atoms with Gasteiger partial charge in [-0.1, -0.05) is 25.0 Å². The van der Waals surface area contributed by atoms with Gasteiger partial charge in [0.15, 0.2) is 0 Å². The summed E-state index contributed by atoms with van der Waals surface area (Å²) in [6, 6.07) is 6.33. The first-order valence-corrected chi connectivity index (χ1v) is 6.47. The highest BCUT2D eigenvalue weighted by Crippen LogP contribution is 2.36. The lowest BCUT2D eigenvalue weighted by molar-refractivity contribution is 0.538. The van der Waals surface area contributed by atoms with Crippen LogP contribution in [-0.4, -0.2) is 13.1 Å². The molecule has 2 nitrogen and oxygen atoms in total. The number of para-hydroxylation sites is 1. The van der Waals surface area contributed by atoms with Gasteiger partial charge in [0, 0.05) is 13.1 Å². The Balaban J connectivity index is 1.79. The van der Waals surface area contributed by atoms with Crippen molar-refractivity contribution in [1.29, 1.82) is 0 Å². The predicted octanol–water partition coefficient (Wildman–Crippen LogP) is 2.82. The molecule has 2 N–H and O–H groups in total. The highest BCUT2D eigenvalue weighted by molar-refractivity contribution is 5.74. The van der Waals surface area contributed by atoms with E-state index in [1.807, 2.05) is 6.07 Å². The van der Waals surface area contributed by atoms with Crippen LogP contribution >= 0.6 is 0 Å². The fourth-order valence-electron chi connectivity index (χ4n) is 3.25. The van der Waals surface area contributed by atoms with Crippen LogP contribution in [0.2, 0.25) is 0 Å². The van der Waals surface area contributed by atoms with Gasteiger partial charge in [0.05, 0.1) is 11.4 Å². The van der Waals surface area contributed by atoms with Gasteiger partial charge in [-0.25, -0.2) is 0 Å². The lowest BCUT2D eigenvalue weighted by atomic mass is 10.1. The normalized spacial score (nSPS) is 20.4. The van der Waals surface area contributed by atoms with E-state index in [1.54, 1.807) is 0 Å². The van der Waals surface area contributed by atoms with Crippen molar-refractivity contribution in [1.82, 2.24) is 0 Å². The molecule has 1 aromatic carbocycles. The monoisotopic (exact) mass is 216 g/mol. The maximum absolute atomic E-state index is 6.09.